The van der Waals surface area contributed by atoms with Crippen molar-refractivity contribution in [3.05, 3.63) is 35.4 Å². The molecule has 0 aromatic heterocycles. The van der Waals surface area contributed by atoms with Crippen molar-refractivity contribution in [2.24, 2.45) is 0 Å². The van der Waals surface area contributed by atoms with Crippen LogP contribution in [0.1, 0.15) is 56.7 Å². The molecule has 1 fully saturated rings. The van der Waals surface area contributed by atoms with Gasteiger partial charge >= 0.3 is 0 Å². The van der Waals surface area contributed by atoms with Gasteiger partial charge in [-0.15, -0.1) is 0 Å². The van der Waals surface area contributed by atoms with E-state index in [-0.39, 0.29) is 0 Å². The predicted molar refractivity (Wildman–Crippen MR) is 87.1 cm³/mol. The third-order valence-corrected chi connectivity index (χ3v) is 4.52. The number of rotatable bonds is 7. The Labute approximate surface area is 124 Å². The van der Waals surface area contributed by atoms with Gasteiger partial charge < -0.3 is 5.32 Å². The van der Waals surface area contributed by atoms with Crippen LogP contribution in [0.3, 0.4) is 0 Å². The molecule has 2 atom stereocenters. The molecule has 112 valence electrons. The highest BCUT2D eigenvalue weighted by atomic mass is 15.2. The lowest BCUT2D eigenvalue weighted by Crippen LogP contribution is -2.39. The molecular weight excluding hydrogens is 244 g/mol. The van der Waals surface area contributed by atoms with Gasteiger partial charge in [-0.2, -0.15) is 0 Å². The first-order chi connectivity index (χ1) is 9.70. The van der Waals surface area contributed by atoms with Gasteiger partial charge in [0.15, 0.2) is 0 Å². The molecule has 2 heteroatoms. The number of benzene rings is 1. The van der Waals surface area contributed by atoms with E-state index >= 15 is 0 Å². The Morgan fingerprint density at radius 3 is 2.65 bits per heavy atom. The number of nitrogens with zero attached hydrogens (tertiary/aromatic N) is 1. The second kappa shape index (κ2) is 7.80. The summed E-state index contributed by atoms with van der Waals surface area (Å²) in [5, 5.41) is 3.64. The normalized spacial score (nSPS) is 20.5. The highest BCUT2D eigenvalue weighted by Crippen LogP contribution is 2.22. The molecular formula is C18H30N2. The largest absolute Gasteiger partial charge is 0.313 e. The van der Waals surface area contributed by atoms with Crippen LogP contribution in [0.25, 0.3) is 0 Å². The van der Waals surface area contributed by atoms with Gasteiger partial charge in [0, 0.05) is 18.6 Å². The van der Waals surface area contributed by atoms with Gasteiger partial charge in [0.2, 0.25) is 0 Å². The van der Waals surface area contributed by atoms with Crippen LogP contribution in [0.15, 0.2) is 24.3 Å². The Balaban J connectivity index is 2.01. The summed E-state index contributed by atoms with van der Waals surface area (Å²) in [4.78, 5) is 2.66. The molecule has 0 saturated carbocycles. The number of unbranched alkanes of at least 4 members (excludes halogenated alkanes) is 1. The van der Waals surface area contributed by atoms with Gasteiger partial charge in [0.25, 0.3) is 0 Å². The van der Waals surface area contributed by atoms with Gasteiger partial charge in [-0.1, -0.05) is 43.2 Å². The first-order valence-corrected chi connectivity index (χ1v) is 8.24. The number of hydrogen-bond donors (Lipinski definition) is 1. The fraction of sp³-hybridized carbons (Fsp3) is 0.667. The Kier molecular flexibility index (Phi) is 6.06. The number of nitrogens with one attached hydrogen (secondary N) is 1. The topological polar surface area (TPSA) is 15.3 Å². The van der Waals surface area contributed by atoms with Gasteiger partial charge in [-0.3, -0.25) is 4.90 Å². The molecule has 2 rings (SSSR count). The molecule has 1 saturated heterocycles. The van der Waals surface area contributed by atoms with Crippen molar-refractivity contribution in [2.75, 3.05) is 19.6 Å². The molecule has 2 nitrogen and oxygen atoms in total. The molecule has 1 aliphatic heterocycles. The first-order valence-electron chi connectivity index (χ1n) is 8.24. The quantitative estimate of drug-likeness (QED) is 0.811. The van der Waals surface area contributed by atoms with Crippen LogP contribution in [0.4, 0.5) is 0 Å². The summed E-state index contributed by atoms with van der Waals surface area (Å²) in [5.41, 5.74) is 2.79. The van der Waals surface area contributed by atoms with Gasteiger partial charge in [-0.25, -0.2) is 0 Å². The van der Waals surface area contributed by atoms with E-state index in [1.54, 1.807) is 0 Å². The molecule has 2 unspecified atom stereocenters. The van der Waals surface area contributed by atoms with Crippen molar-refractivity contribution < 1.29 is 0 Å². The highest BCUT2D eigenvalue weighted by Gasteiger charge is 2.21. The summed E-state index contributed by atoms with van der Waals surface area (Å²) in [6.45, 7) is 10.4. The molecule has 1 aliphatic rings. The van der Waals surface area contributed by atoms with Crippen molar-refractivity contribution in [3.63, 3.8) is 0 Å². The van der Waals surface area contributed by atoms with Gasteiger partial charge in [-0.05, 0) is 51.8 Å². The molecule has 0 spiro atoms. The smallest absolute Gasteiger partial charge is 0.0320 e. The average molecular weight is 274 g/mol. The minimum absolute atomic E-state index is 0.518. The van der Waals surface area contributed by atoms with Gasteiger partial charge in [0.05, 0.1) is 0 Å². The number of aryl methyl sites for hydroxylation is 1. The minimum Gasteiger partial charge on any atom is -0.313 e. The third-order valence-electron chi connectivity index (χ3n) is 4.52. The standard InChI is InChI=1S/C18H30N2/c1-4-5-13-20(14-18-7-6-12-19-18)16(3)17-10-8-15(2)9-11-17/h8-11,16,18-19H,4-7,12-14H2,1-3H3. The Morgan fingerprint density at radius 2 is 2.05 bits per heavy atom. The molecule has 1 N–H and O–H groups in total. The van der Waals surface area contributed by atoms with E-state index in [9.17, 15) is 0 Å². The van der Waals surface area contributed by atoms with E-state index < -0.39 is 0 Å². The Bertz CT molecular complexity index is 379. The summed E-state index contributed by atoms with van der Waals surface area (Å²) in [6, 6.07) is 10.3. The van der Waals surface area contributed by atoms with Crippen LogP contribution < -0.4 is 5.32 Å². The lowest BCUT2D eigenvalue weighted by Gasteiger charge is -2.32. The van der Waals surface area contributed by atoms with Crippen LogP contribution in [-0.2, 0) is 0 Å². The SMILES string of the molecule is CCCCN(CC1CCCN1)C(C)c1ccc(C)cc1. The Hall–Kier alpha value is -0.860. The van der Waals surface area contributed by atoms with E-state index in [2.05, 4.69) is 55.3 Å². The maximum Gasteiger partial charge on any atom is 0.0320 e. The zero-order valence-corrected chi connectivity index (χ0v) is 13.4. The van der Waals surface area contributed by atoms with Crippen molar-refractivity contribution in [1.29, 1.82) is 0 Å². The van der Waals surface area contributed by atoms with Crippen molar-refractivity contribution in [2.45, 2.75) is 58.5 Å². The van der Waals surface area contributed by atoms with E-state index in [0.717, 1.165) is 0 Å². The molecule has 1 aromatic carbocycles. The first kappa shape index (κ1) is 15.5. The lowest BCUT2D eigenvalue weighted by molar-refractivity contribution is 0.189. The second-order valence-electron chi connectivity index (χ2n) is 6.23. The van der Waals surface area contributed by atoms with E-state index in [0.29, 0.717) is 12.1 Å². The summed E-state index contributed by atoms with van der Waals surface area (Å²) < 4.78 is 0. The lowest BCUT2D eigenvalue weighted by atomic mass is 10.0. The Morgan fingerprint density at radius 1 is 1.30 bits per heavy atom. The molecule has 0 bridgehead atoms. The van der Waals surface area contributed by atoms with E-state index in [1.165, 1.54) is 56.4 Å². The maximum atomic E-state index is 3.64. The van der Waals surface area contributed by atoms with Crippen molar-refractivity contribution in [3.8, 4) is 0 Å². The molecule has 0 radical (unpaired) electrons. The van der Waals surface area contributed by atoms with Crippen LogP contribution in [-0.4, -0.2) is 30.6 Å². The predicted octanol–water partition coefficient (Wildman–Crippen LogP) is 3.91. The maximum absolute atomic E-state index is 3.64. The second-order valence-corrected chi connectivity index (χ2v) is 6.23. The molecule has 1 aromatic rings. The fourth-order valence-electron chi connectivity index (χ4n) is 3.06. The molecule has 1 heterocycles. The van der Waals surface area contributed by atoms with Crippen LogP contribution in [0, 0.1) is 6.92 Å². The number of hydrogen-bond acceptors (Lipinski definition) is 2. The summed E-state index contributed by atoms with van der Waals surface area (Å²) >= 11 is 0. The van der Waals surface area contributed by atoms with Crippen LogP contribution >= 0.6 is 0 Å². The molecule has 20 heavy (non-hydrogen) atoms. The monoisotopic (exact) mass is 274 g/mol. The highest BCUT2D eigenvalue weighted by molar-refractivity contribution is 5.23. The summed E-state index contributed by atoms with van der Waals surface area (Å²) in [5.74, 6) is 0. The zero-order chi connectivity index (χ0) is 14.4. The van der Waals surface area contributed by atoms with E-state index in [4.69, 9.17) is 0 Å². The molecule has 0 amide bonds. The minimum atomic E-state index is 0.518. The molecule has 0 aliphatic carbocycles. The van der Waals surface area contributed by atoms with Crippen LogP contribution in [0.2, 0.25) is 0 Å². The van der Waals surface area contributed by atoms with Crippen LogP contribution in [0.5, 0.6) is 0 Å². The van der Waals surface area contributed by atoms with Gasteiger partial charge in [0.1, 0.15) is 0 Å². The summed E-state index contributed by atoms with van der Waals surface area (Å²) in [7, 11) is 0. The third kappa shape index (κ3) is 4.32. The van der Waals surface area contributed by atoms with E-state index in [1.807, 2.05) is 0 Å². The zero-order valence-electron chi connectivity index (χ0n) is 13.4. The van der Waals surface area contributed by atoms with Crippen molar-refractivity contribution >= 4 is 0 Å². The van der Waals surface area contributed by atoms with Crippen molar-refractivity contribution in [1.82, 2.24) is 10.2 Å². The average Bonchev–Trinajstić information content (AvgIpc) is 2.96. The summed E-state index contributed by atoms with van der Waals surface area (Å²) in [6.07, 6.45) is 5.24. The fourth-order valence-corrected chi connectivity index (χ4v) is 3.06.